The molecule has 0 saturated heterocycles. The van der Waals surface area contributed by atoms with Crippen molar-refractivity contribution in [2.24, 2.45) is 0 Å². The van der Waals surface area contributed by atoms with E-state index in [4.69, 9.17) is 4.74 Å². The van der Waals surface area contributed by atoms with Crippen molar-refractivity contribution < 1.29 is 4.74 Å². The molecule has 2 N–H and O–H groups in total. The third-order valence-corrected chi connectivity index (χ3v) is 3.41. The van der Waals surface area contributed by atoms with Crippen molar-refractivity contribution in [2.45, 2.75) is 6.54 Å². The van der Waals surface area contributed by atoms with E-state index < -0.39 is 0 Å². The van der Waals surface area contributed by atoms with Crippen molar-refractivity contribution >= 4 is 16.5 Å². The predicted octanol–water partition coefficient (Wildman–Crippen LogP) is 3.97. The number of nitrogens with one attached hydrogen (secondary N) is 2. The fourth-order valence-electron chi connectivity index (χ4n) is 2.28. The molecule has 106 valence electrons. The molecule has 0 spiro atoms. The van der Waals surface area contributed by atoms with Crippen molar-refractivity contribution in [2.75, 3.05) is 12.5 Å². The van der Waals surface area contributed by atoms with E-state index in [1.807, 2.05) is 36.4 Å². The molecule has 3 heteroatoms. The number of anilines is 1. The Labute approximate surface area is 124 Å². The number of hydrazine groups is 1. The van der Waals surface area contributed by atoms with Gasteiger partial charge in [-0.1, -0.05) is 36.4 Å². The highest BCUT2D eigenvalue weighted by molar-refractivity contribution is 5.84. The van der Waals surface area contributed by atoms with Crippen LogP contribution in [0.25, 0.3) is 10.8 Å². The molecule has 3 nitrogen and oxygen atoms in total. The lowest BCUT2D eigenvalue weighted by Crippen LogP contribution is -2.20. The Morgan fingerprint density at radius 2 is 1.62 bits per heavy atom. The fourth-order valence-corrected chi connectivity index (χ4v) is 2.28. The Morgan fingerprint density at radius 1 is 0.857 bits per heavy atom. The van der Waals surface area contributed by atoms with Crippen LogP contribution in [0.4, 0.5) is 5.69 Å². The van der Waals surface area contributed by atoms with Gasteiger partial charge in [0.05, 0.1) is 7.11 Å². The van der Waals surface area contributed by atoms with Crippen LogP contribution in [-0.4, -0.2) is 7.11 Å². The van der Waals surface area contributed by atoms with E-state index in [1.165, 1.54) is 16.3 Å². The number of methoxy groups -OCH3 is 1. The van der Waals surface area contributed by atoms with Crippen LogP contribution in [0.1, 0.15) is 5.56 Å². The van der Waals surface area contributed by atoms with Crippen LogP contribution in [-0.2, 0) is 6.54 Å². The van der Waals surface area contributed by atoms with Crippen molar-refractivity contribution in [3.8, 4) is 5.75 Å². The van der Waals surface area contributed by atoms with Gasteiger partial charge >= 0.3 is 0 Å². The topological polar surface area (TPSA) is 33.3 Å². The molecule has 0 aliphatic carbocycles. The van der Waals surface area contributed by atoms with E-state index in [0.717, 1.165) is 18.0 Å². The first-order valence-corrected chi connectivity index (χ1v) is 6.96. The molecule has 0 amide bonds. The summed E-state index contributed by atoms with van der Waals surface area (Å²) in [4.78, 5) is 0. The van der Waals surface area contributed by atoms with Gasteiger partial charge in [0, 0.05) is 12.2 Å². The minimum atomic E-state index is 0.761. The van der Waals surface area contributed by atoms with Gasteiger partial charge in [0.1, 0.15) is 5.75 Å². The first kappa shape index (κ1) is 13.5. The molecule has 3 aromatic rings. The smallest absolute Gasteiger partial charge is 0.119 e. The molecule has 0 fully saturated rings. The number of rotatable bonds is 5. The summed E-state index contributed by atoms with van der Waals surface area (Å²) in [6, 6.07) is 22.6. The van der Waals surface area contributed by atoms with Crippen molar-refractivity contribution in [3.05, 3.63) is 72.3 Å². The molecular formula is C18H18N2O. The van der Waals surface area contributed by atoms with Crippen molar-refractivity contribution in [3.63, 3.8) is 0 Å². The standard InChI is InChI=1S/C18H18N2O/c1-21-18-10-9-15-11-14(7-8-16(15)12-18)13-19-20-17-5-3-2-4-6-17/h2-12,19-20H,13H2,1H3. The van der Waals surface area contributed by atoms with E-state index in [-0.39, 0.29) is 0 Å². The Morgan fingerprint density at radius 3 is 2.43 bits per heavy atom. The third kappa shape index (κ3) is 3.33. The maximum Gasteiger partial charge on any atom is 0.119 e. The first-order valence-electron chi connectivity index (χ1n) is 6.96. The van der Waals surface area contributed by atoms with Gasteiger partial charge in [-0.05, 0) is 46.7 Å². The summed E-state index contributed by atoms with van der Waals surface area (Å²) in [7, 11) is 1.69. The maximum absolute atomic E-state index is 5.24. The van der Waals surface area contributed by atoms with Crippen LogP contribution >= 0.6 is 0 Å². The molecule has 0 saturated carbocycles. The second kappa shape index (κ2) is 6.29. The summed E-state index contributed by atoms with van der Waals surface area (Å²) in [6.45, 7) is 0.761. The zero-order valence-electron chi connectivity index (χ0n) is 12.0. The van der Waals surface area contributed by atoms with Crippen molar-refractivity contribution in [1.29, 1.82) is 0 Å². The molecule has 0 heterocycles. The highest BCUT2D eigenvalue weighted by Crippen LogP contribution is 2.21. The zero-order valence-corrected chi connectivity index (χ0v) is 12.0. The lowest BCUT2D eigenvalue weighted by atomic mass is 10.1. The lowest BCUT2D eigenvalue weighted by Gasteiger charge is -2.09. The maximum atomic E-state index is 5.24. The quantitative estimate of drug-likeness (QED) is 0.693. The van der Waals surface area contributed by atoms with Crippen LogP contribution < -0.4 is 15.6 Å². The van der Waals surface area contributed by atoms with Crippen LogP contribution in [0.5, 0.6) is 5.75 Å². The molecule has 3 aromatic carbocycles. The van der Waals surface area contributed by atoms with Crippen molar-refractivity contribution in [1.82, 2.24) is 5.43 Å². The van der Waals surface area contributed by atoms with Crippen LogP contribution in [0, 0.1) is 0 Å². The SMILES string of the molecule is COc1ccc2cc(CNNc3ccccc3)ccc2c1. The zero-order chi connectivity index (χ0) is 14.5. The summed E-state index contributed by atoms with van der Waals surface area (Å²) in [5.74, 6) is 0.888. The average molecular weight is 278 g/mol. The Bertz CT molecular complexity index is 726. The number of benzene rings is 3. The van der Waals surface area contributed by atoms with Gasteiger partial charge in [-0.15, -0.1) is 0 Å². The summed E-state index contributed by atoms with van der Waals surface area (Å²) >= 11 is 0. The van der Waals surface area contributed by atoms with Gasteiger partial charge in [0.25, 0.3) is 0 Å². The van der Waals surface area contributed by atoms with E-state index >= 15 is 0 Å². The molecule has 0 bridgehead atoms. The van der Waals surface area contributed by atoms with Crippen LogP contribution in [0.3, 0.4) is 0 Å². The van der Waals surface area contributed by atoms with E-state index in [1.54, 1.807) is 7.11 Å². The second-order valence-electron chi connectivity index (χ2n) is 4.89. The fraction of sp³-hybridized carbons (Fsp3) is 0.111. The van der Waals surface area contributed by atoms with E-state index in [9.17, 15) is 0 Å². The van der Waals surface area contributed by atoms with Gasteiger partial charge in [0.2, 0.25) is 0 Å². The highest BCUT2D eigenvalue weighted by atomic mass is 16.5. The molecule has 0 aromatic heterocycles. The monoisotopic (exact) mass is 278 g/mol. The number of fused-ring (bicyclic) bond motifs is 1. The molecule has 0 atom stereocenters. The molecular weight excluding hydrogens is 260 g/mol. The largest absolute Gasteiger partial charge is 0.497 e. The predicted molar refractivity (Wildman–Crippen MR) is 87.4 cm³/mol. The molecule has 0 unspecified atom stereocenters. The normalized spacial score (nSPS) is 10.5. The third-order valence-electron chi connectivity index (χ3n) is 3.41. The van der Waals surface area contributed by atoms with Gasteiger partial charge < -0.3 is 10.2 Å². The second-order valence-corrected chi connectivity index (χ2v) is 4.89. The van der Waals surface area contributed by atoms with Gasteiger partial charge in [-0.25, -0.2) is 5.43 Å². The average Bonchev–Trinajstić information content (AvgIpc) is 2.55. The molecule has 0 radical (unpaired) electrons. The Balaban J connectivity index is 1.67. The van der Waals surface area contributed by atoms with Gasteiger partial charge in [-0.3, -0.25) is 0 Å². The summed E-state index contributed by atoms with van der Waals surface area (Å²) in [5, 5.41) is 2.41. The van der Waals surface area contributed by atoms with E-state index in [2.05, 4.69) is 41.2 Å². The molecule has 3 rings (SSSR count). The minimum absolute atomic E-state index is 0.761. The van der Waals surface area contributed by atoms with Crippen LogP contribution in [0.2, 0.25) is 0 Å². The van der Waals surface area contributed by atoms with Crippen LogP contribution in [0.15, 0.2) is 66.7 Å². The Hall–Kier alpha value is -2.52. The summed E-state index contributed by atoms with van der Waals surface area (Å²) in [5.41, 5.74) is 8.71. The lowest BCUT2D eigenvalue weighted by molar-refractivity contribution is 0.415. The number of hydrogen-bond donors (Lipinski definition) is 2. The molecule has 0 aliphatic heterocycles. The van der Waals surface area contributed by atoms with Gasteiger partial charge in [0.15, 0.2) is 0 Å². The van der Waals surface area contributed by atoms with E-state index in [0.29, 0.717) is 0 Å². The number of para-hydroxylation sites is 1. The molecule has 0 aliphatic rings. The molecule has 21 heavy (non-hydrogen) atoms. The minimum Gasteiger partial charge on any atom is -0.497 e. The first-order chi connectivity index (χ1) is 10.3. The van der Waals surface area contributed by atoms with Gasteiger partial charge in [-0.2, -0.15) is 0 Å². The summed E-state index contributed by atoms with van der Waals surface area (Å²) < 4.78 is 5.24. The highest BCUT2D eigenvalue weighted by Gasteiger charge is 1.99. The Kier molecular flexibility index (Phi) is 4.03. The number of ether oxygens (including phenoxy) is 1. The summed E-state index contributed by atoms with van der Waals surface area (Å²) in [6.07, 6.45) is 0. The number of hydrogen-bond acceptors (Lipinski definition) is 3.